The van der Waals surface area contributed by atoms with Gasteiger partial charge in [-0.1, -0.05) is 6.92 Å². The monoisotopic (exact) mass is 254 g/mol. The summed E-state index contributed by atoms with van der Waals surface area (Å²) in [5.41, 5.74) is 0. The lowest BCUT2D eigenvalue weighted by Crippen LogP contribution is -2.47. The molecule has 1 heterocycles. The molecule has 3 unspecified atom stereocenters. The van der Waals surface area contributed by atoms with Gasteiger partial charge >= 0.3 is 0 Å². The van der Waals surface area contributed by atoms with E-state index in [0.717, 1.165) is 24.5 Å². The van der Waals surface area contributed by atoms with Crippen molar-refractivity contribution in [2.24, 2.45) is 11.8 Å². The van der Waals surface area contributed by atoms with Crippen LogP contribution >= 0.6 is 0 Å². The van der Waals surface area contributed by atoms with Crippen LogP contribution in [0.4, 0.5) is 0 Å². The Bertz CT molecular complexity index is 241. The standard InChI is InChI=1S/C15H30N2O/c1-12(9-16-15-6-7-15)13(2)17-8-4-5-14(10-17)11-18-3/h12-16H,4-11H2,1-3H3. The molecule has 1 saturated heterocycles. The number of hydrogen-bond acceptors (Lipinski definition) is 3. The van der Waals surface area contributed by atoms with Crippen LogP contribution < -0.4 is 5.32 Å². The molecule has 3 heteroatoms. The minimum absolute atomic E-state index is 0.691. The molecule has 0 aromatic rings. The van der Waals surface area contributed by atoms with E-state index < -0.39 is 0 Å². The second-order valence-corrected chi connectivity index (χ2v) is 6.36. The molecule has 0 aromatic heterocycles. The summed E-state index contributed by atoms with van der Waals surface area (Å²) in [5.74, 6) is 1.49. The van der Waals surface area contributed by atoms with E-state index in [1.54, 1.807) is 0 Å². The Hall–Kier alpha value is -0.120. The summed E-state index contributed by atoms with van der Waals surface area (Å²) < 4.78 is 5.32. The van der Waals surface area contributed by atoms with Gasteiger partial charge in [0.25, 0.3) is 0 Å². The van der Waals surface area contributed by atoms with E-state index in [9.17, 15) is 0 Å². The highest BCUT2D eigenvalue weighted by atomic mass is 16.5. The van der Waals surface area contributed by atoms with Crippen LogP contribution in [0.15, 0.2) is 0 Å². The Kier molecular flexibility index (Phi) is 5.46. The molecule has 18 heavy (non-hydrogen) atoms. The molecular weight excluding hydrogens is 224 g/mol. The molecule has 1 aliphatic heterocycles. The quantitative estimate of drug-likeness (QED) is 0.753. The summed E-state index contributed by atoms with van der Waals surface area (Å²) in [6.45, 7) is 9.39. The molecule has 3 nitrogen and oxygen atoms in total. The number of hydrogen-bond donors (Lipinski definition) is 1. The molecule has 1 saturated carbocycles. The molecule has 0 bridgehead atoms. The largest absolute Gasteiger partial charge is 0.384 e. The van der Waals surface area contributed by atoms with E-state index >= 15 is 0 Å². The predicted molar refractivity (Wildman–Crippen MR) is 75.8 cm³/mol. The van der Waals surface area contributed by atoms with Crippen molar-refractivity contribution in [2.75, 3.05) is 33.4 Å². The summed E-state index contributed by atoms with van der Waals surface area (Å²) in [6.07, 6.45) is 5.45. The van der Waals surface area contributed by atoms with Gasteiger partial charge in [0.2, 0.25) is 0 Å². The molecule has 2 rings (SSSR count). The second-order valence-electron chi connectivity index (χ2n) is 6.36. The normalized spacial score (nSPS) is 29.2. The number of piperidine rings is 1. The van der Waals surface area contributed by atoms with E-state index in [1.807, 2.05) is 7.11 Å². The second kappa shape index (κ2) is 6.88. The third kappa shape index (κ3) is 4.22. The highest BCUT2D eigenvalue weighted by Crippen LogP contribution is 2.23. The van der Waals surface area contributed by atoms with Crippen molar-refractivity contribution in [3.8, 4) is 0 Å². The maximum atomic E-state index is 5.32. The van der Waals surface area contributed by atoms with Gasteiger partial charge in [0, 0.05) is 25.7 Å². The number of methoxy groups -OCH3 is 1. The Labute approximate surface area is 112 Å². The van der Waals surface area contributed by atoms with Gasteiger partial charge in [0.05, 0.1) is 6.61 Å². The molecule has 2 fully saturated rings. The van der Waals surface area contributed by atoms with Gasteiger partial charge in [0.1, 0.15) is 0 Å². The Morgan fingerprint density at radius 1 is 1.28 bits per heavy atom. The molecule has 106 valence electrons. The van der Waals surface area contributed by atoms with Gasteiger partial charge in [0.15, 0.2) is 0 Å². The number of nitrogens with zero attached hydrogens (tertiary/aromatic N) is 1. The van der Waals surface area contributed by atoms with Crippen molar-refractivity contribution < 1.29 is 4.74 Å². The van der Waals surface area contributed by atoms with Crippen LogP contribution in [0.5, 0.6) is 0 Å². The summed E-state index contributed by atoms with van der Waals surface area (Å²) in [4.78, 5) is 2.67. The third-order valence-corrected chi connectivity index (χ3v) is 4.66. The zero-order valence-electron chi connectivity index (χ0n) is 12.3. The highest BCUT2D eigenvalue weighted by Gasteiger charge is 2.27. The van der Waals surface area contributed by atoms with Gasteiger partial charge in [-0.3, -0.25) is 4.90 Å². The molecule has 3 atom stereocenters. The van der Waals surface area contributed by atoms with Gasteiger partial charge in [-0.25, -0.2) is 0 Å². The Morgan fingerprint density at radius 2 is 2.06 bits per heavy atom. The first-order valence-electron chi connectivity index (χ1n) is 7.67. The summed E-state index contributed by atoms with van der Waals surface area (Å²) in [7, 11) is 1.82. The van der Waals surface area contributed by atoms with Crippen LogP contribution in [-0.2, 0) is 4.74 Å². The fourth-order valence-electron chi connectivity index (χ4n) is 3.01. The first-order valence-corrected chi connectivity index (χ1v) is 7.67. The van der Waals surface area contributed by atoms with Crippen LogP contribution in [0.25, 0.3) is 0 Å². The maximum absolute atomic E-state index is 5.32. The minimum atomic E-state index is 0.691. The highest BCUT2D eigenvalue weighted by molar-refractivity contribution is 4.85. The first-order chi connectivity index (χ1) is 8.70. The lowest BCUT2D eigenvalue weighted by Gasteiger charge is -2.39. The number of nitrogens with one attached hydrogen (secondary N) is 1. The molecule has 0 aromatic carbocycles. The Balaban J connectivity index is 1.73. The van der Waals surface area contributed by atoms with Crippen LogP contribution in [0, 0.1) is 11.8 Å². The van der Waals surface area contributed by atoms with Gasteiger partial charge in [-0.15, -0.1) is 0 Å². The van der Waals surface area contributed by atoms with E-state index in [2.05, 4.69) is 24.1 Å². The lowest BCUT2D eigenvalue weighted by atomic mass is 9.94. The Morgan fingerprint density at radius 3 is 2.72 bits per heavy atom. The van der Waals surface area contributed by atoms with Crippen molar-refractivity contribution in [1.82, 2.24) is 10.2 Å². The minimum Gasteiger partial charge on any atom is -0.384 e. The summed E-state index contributed by atoms with van der Waals surface area (Å²) >= 11 is 0. The van der Waals surface area contributed by atoms with Gasteiger partial charge in [-0.2, -0.15) is 0 Å². The van der Waals surface area contributed by atoms with E-state index in [1.165, 1.54) is 45.3 Å². The number of rotatable bonds is 7. The molecule has 0 amide bonds. The third-order valence-electron chi connectivity index (χ3n) is 4.66. The molecule has 1 aliphatic carbocycles. The first kappa shape index (κ1) is 14.3. The SMILES string of the molecule is COCC1CCCN(C(C)C(C)CNC2CC2)C1. The molecule has 2 aliphatic rings. The van der Waals surface area contributed by atoms with E-state index in [-0.39, 0.29) is 0 Å². The average Bonchev–Trinajstić information content (AvgIpc) is 3.20. The molecular formula is C15H30N2O. The number of ether oxygens (including phenoxy) is 1. The topological polar surface area (TPSA) is 24.5 Å². The number of likely N-dealkylation sites (tertiary alicyclic amines) is 1. The molecule has 1 N–H and O–H groups in total. The molecule has 0 radical (unpaired) electrons. The average molecular weight is 254 g/mol. The smallest absolute Gasteiger partial charge is 0.0502 e. The van der Waals surface area contributed by atoms with Crippen molar-refractivity contribution in [3.05, 3.63) is 0 Å². The van der Waals surface area contributed by atoms with Gasteiger partial charge in [-0.05, 0) is 57.5 Å². The van der Waals surface area contributed by atoms with Crippen molar-refractivity contribution in [1.29, 1.82) is 0 Å². The van der Waals surface area contributed by atoms with Crippen LogP contribution in [0.3, 0.4) is 0 Å². The van der Waals surface area contributed by atoms with E-state index in [4.69, 9.17) is 4.74 Å². The molecule has 0 spiro atoms. The maximum Gasteiger partial charge on any atom is 0.0502 e. The van der Waals surface area contributed by atoms with Crippen LogP contribution in [0.2, 0.25) is 0 Å². The fourth-order valence-corrected chi connectivity index (χ4v) is 3.01. The van der Waals surface area contributed by atoms with Gasteiger partial charge < -0.3 is 10.1 Å². The lowest BCUT2D eigenvalue weighted by molar-refractivity contribution is 0.0578. The van der Waals surface area contributed by atoms with Crippen molar-refractivity contribution in [3.63, 3.8) is 0 Å². The zero-order valence-corrected chi connectivity index (χ0v) is 12.3. The summed E-state index contributed by atoms with van der Waals surface area (Å²) in [6, 6.07) is 1.53. The van der Waals surface area contributed by atoms with Crippen molar-refractivity contribution in [2.45, 2.75) is 51.6 Å². The van der Waals surface area contributed by atoms with Crippen LogP contribution in [-0.4, -0.2) is 50.3 Å². The van der Waals surface area contributed by atoms with Crippen LogP contribution in [0.1, 0.15) is 39.5 Å². The van der Waals surface area contributed by atoms with Crippen molar-refractivity contribution >= 4 is 0 Å². The fraction of sp³-hybridized carbons (Fsp3) is 1.00. The van der Waals surface area contributed by atoms with E-state index in [0.29, 0.717) is 6.04 Å². The predicted octanol–water partition coefficient (Wildman–Crippen LogP) is 2.12. The summed E-state index contributed by atoms with van der Waals surface area (Å²) in [5, 5.41) is 3.66. The zero-order chi connectivity index (χ0) is 13.0.